The van der Waals surface area contributed by atoms with Crippen molar-refractivity contribution < 1.29 is 23.1 Å². The van der Waals surface area contributed by atoms with Crippen LogP contribution in [0.4, 0.5) is 14.5 Å². The van der Waals surface area contributed by atoms with Crippen LogP contribution in [-0.2, 0) is 9.59 Å². The van der Waals surface area contributed by atoms with E-state index in [4.69, 9.17) is 16.3 Å². The second kappa shape index (κ2) is 6.88. The molecule has 26 heavy (non-hydrogen) atoms. The average Bonchev–Trinajstić information content (AvgIpc) is 2.78. The summed E-state index contributed by atoms with van der Waals surface area (Å²) in [5.41, 5.74) is 0.000255. The molecular weight excluding hydrogens is 364 g/mol. The molecule has 0 N–H and O–H groups in total. The number of hydrogen-bond acceptors (Lipinski definition) is 3. The molecule has 0 spiro atoms. The number of amides is 2. The third kappa shape index (κ3) is 3.20. The number of anilines is 1. The third-order valence-electron chi connectivity index (χ3n) is 3.69. The van der Waals surface area contributed by atoms with Gasteiger partial charge in [0, 0.05) is 6.07 Å². The van der Waals surface area contributed by atoms with Gasteiger partial charge in [0.2, 0.25) is 0 Å². The van der Waals surface area contributed by atoms with Crippen LogP contribution in [0, 0.1) is 11.6 Å². The molecule has 4 nitrogen and oxygen atoms in total. The number of halogens is 3. The zero-order valence-corrected chi connectivity index (χ0v) is 14.7. The van der Waals surface area contributed by atoms with Crippen molar-refractivity contribution in [3.63, 3.8) is 0 Å². The van der Waals surface area contributed by atoms with Gasteiger partial charge in [0.25, 0.3) is 11.8 Å². The SMILES string of the molecule is CC(C)Oc1ccc(C2=C(Cl)C(=O)N(c3ccc(F)cc3F)C2=O)cc1. The summed E-state index contributed by atoms with van der Waals surface area (Å²) < 4.78 is 32.6. The van der Waals surface area contributed by atoms with Gasteiger partial charge in [-0.25, -0.2) is 13.7 Å². The first-order chi connectivity index (χ1) is 12.3. The Hall–Kier alpha value is -2.73. The Morgan fingerprint density at radius 3 is 2.23 bits per heavy atom. The van der Waals surface area contributed by atoms with Gasteiger partial charge in [0.1, 0.15) is 22.4 Å². The van der Waals surface area contributed by atoms with Crippen LogP contribution in [0.3, 0.4) is 0 Å². The van der Waals surface area contributed by atoms with Gasteiger partial charge in [-0.05, 0) is 43.7 Å². The lowest BCUT2D eigenvalue weighted by Crippen LogP contribution is -2.32. The molecule has 1 aliphatic heterocycles. The molecule has 134 valence electrons. The number of carbonyl (C=O) groups is 2. The number of ether oxygens (including phenoxy) is 1. The molecule has 0 aromatic heterocycles. The molecule has 0 radical (unpaired) electrons. The molecule has 1 aliphatic rings. The van der Waals surface area contributed by atoms with E-state index >= 15 is 0 Å². The molecule has 0 fully saturated rings. The van der Waals surface area contributed by atoms with Crippen molar-refractivity contribution in [2.45, 2.75) is 20.0 Å². The molecule has 0 atom stereocenters. The van der Waals surface area contributed by atoms with Gasteiger partial charge in [-0.3, -0.25) is 9.59 Å². The minimum absolute atomic E-state index is 0.0183. The van der Waals surface area contributed by atoms with Gasteiger partial charge in [0.15, 0.2) is 0 Å². The van der Waals surface area contributed by atoms with E-state index < -0.39 is 23.4 Å². The smallest absolute Gasteiger partial charge is 0.277 e. The lowest BCUT2D eigenvalue weighted by Gasteiger charge is -2.15. The minimum Gasteiger partial charge on any atom is -0.491 e. The highest BCUT2D eigenvalue weighted by Gasteiger charge is 2.40. The monoisotopic (exact) mass is 377 g/mol. The van der Waals surface area contributed by atoms with Crippen LogP contribution < -0.4 is 9.64 Å². The van der Waals surface area contributed by atoms with Crippen molar-refractivity contribution in [1.29, 1.82) is 0 Å². The van der Waals surface area contributed by atoms with Crippen molar-refractivity contribution in [1.82, 2.24) is 0 Å². The zero-order valence-electron chi connectivity index (χ0n) is 13.9. The average molecular weight is 378 g/mol. The Morgan fingerprint density at radius 2 is 1.65 bits per heavy atom. The predicted molar refractivity (Wildman–Crippen MR) is 93.8 cm³/mol. The van der Waals surface area contributed by atoms with Crippen LogP contribution in [0.1, 0.15) is 19.4 Å². The summed E-state index contributed by atoms with van der Waals surface area (Å²) >= 11 is 6.05. The summed E-state index contributed by atoms with van der Waals surface area (Å²) in [6.07, 6.45) is -0.0183. The van der Waals surface area contributed by atoms with Crippen LogP contribution in [0.2, 0.25) is 0 Å². The van der Waals surface area contributed by atoms with Gasteiger partial charge < -0.3 is 4.74 Å². The van der Waals surface area contributed by atoms with Crippen LogP contribution in [0.15, 0.2) is 47.5 Å². The molecule has 0 unspecified atom stereocenters. The Kier molecular flexibility index (Phi) is 4.78. The lowest BCUT2D eigenvalue weighted by molar-refractivity contribution is -0.119. The second-order valence-corrected chi connectivity index (χ2v) is 6.30. The maximum Gasteiger partial charge on any atom is 0.277 e. The first-order valence-electron chi connectivity index (χ1n) is 7.80. The molecule has 0 bridgehead atoms. The van der Waals surface area contributed by atoms with Crippen molar-refractivity contribution >= 4 is 34.7 Å². The minimum atomic E-state index is -1.03. The van der Waals surface area contributed by atoms with E-state index in [1.54, 1.807) is 24.3 Å². The molecule has 2 amide bonds. The Labute approximate surface area is 153 Å². The van der Waals surface area contributed by atoms with E-state index in [0.717, 1.165) is 12.1 Å². The van der Waals surface area contributed by atoms with E-state index in [2.05, 4.69) is 0 Å². The number of hydrogen-bond donors (Lipinski definition) is 0. The largest absolute Gasteiger partial charge is 0.491 e. The fourth-order valence-electron chi connectivity index (χ4n) is 2.61. The topological polar surface area (TPSA) is 46.6 Å². The molecule has 1 heterocycles. The molecule has 2 aromatic rings. The Morgan fingerprint density at radius 1 is 1.00 bits per heavy atom. The number of nitrogens with zero attached hydrogens (tertiary/aromatic N) is 1. The van der Waals surface area contributed by atoms with E-state index in [1.165, 1.54) is 0 Å². The maximum absolute atomic E-state index is 14.0. The zero-order chi connectivity index (χ0) is 19.0. The molecular formula is C19H14ClF2NO3. The number of imide groups is 1. The number of benzene rings is 2. The fraction of sp³-hybridized carbons (Fsp3) is 0.158. The van der Waals surface area contributed by atoms with E-state index in [0.29, 0.717) is 22.3 Å². The fourth-order valence-corrected chi connectivity index (χ4v) is 2.88. The van der Waals surface area contributed by atoms with Crippen LogP contribution in [-0.4, -0.2) is 17.9 Å². The predicted octanol–water partition coefficient (Wildman–Crippen LogP) is 4.28. The normalized spacial score (nSPS) is 14.6. The Bertz CT molecular complexity index is 923. The van der Waals surface area contributed by atoms with Gasteiger partial charge in [-0.1, -0.05) is 23.7 Å². The summed E-state index contributed by atoms with van der Waals surface area (Å²) in [4.78, 5) is 25.7. The highest BCUT2D eigenvalue weighted by molar-refractivity contribution is 6.60. The summed E-state index contributed by atoms with van der Waals surface area (Å²) in [6.45, 7) is 3.75. The standard InChI is InChI=1S/C19H14ClF2NO3/c1-10(2)26-13-6-3-11(4-7-13)16-17(20)19(25)23(18(16)24)15-8-5-12(21)9-14(15)22/h3-10H,1-2H3. The molecule has 2 aromatic carbocycles. The summed E-state index contributed by atoms with van der Waals surface area (Å²) in [7, 11) is 0. The highest BCUT2D eigenvalue weighted by Crippen LogP contribution is 2.36. The van der Waals surface area contributed by atoms with Crippen molar-refractivity contribution in [2.24, 2.45) is 0 Å². The van der Waals surface area contributed by atoms with Crippen LogP contribution >= 0.6 is 11.6 Å². The van der Waals surface area contributed by atoms with Gasteiger partial charge in [0.05, 0.1) is 17.4 Å². The van der Waals surface area contributed by atoms with Crippen molar-refractivity contribution in [3.05, 3.63) is 64.7 Å². The number of rotatable bonds is 4. The van der Waals surface area contributed by atoms with E-state index in [-0.39, 0.29) is 22.4 Å². The molecule has 7 heteroatoms. The Balaban J connectivity index is 1.96. The number of carbonyl (C=O) groups excluding carboxylic acids is 2. The van der Waals surface area contributed by atoms with Gasteiger partial charge >= 0.3 is 0 Å². The molecule has 0 saturated carbocycles. The van der Waals surface area contributed by atoms with Crippen molar-refractivity contribution in [2.75, 3.05) is 4.90 Å². The first-order valence-corrected chi connectivity index (χ1v) is 8.18. The maximum atomic E-state index is 14.0. The summed E-state index contributed by atoms with van der Waals surface area (Å²) in [6, 6.07) is 9.04. The van der Waals surface area contributed by atoms with Crippen LogP contribution in [0.5, 0.6) is 5.75 Å². The molecule has 0 aliphatic carbocycles. The van der Waals surface area contributed by atoms with E-state index in [1.807, 2.05) is 13.8 Å². The van der Waals surface area contributed by atoms with Gasteiger partial charge in [-0.15, -0.1) is 0 Å². The lowest BCUT2D eigenvalue weighted by atomic mass is 10.1. The quantitative estimate of drug-likeness (QED) is 0.747. The van der Waals surface area contributed by atoms with Crippen LogP contribution in [0.25, 0.3) is 5.57 Å². The second-order valence-electron chi connectivity index (χ2n) is 5.92. The third-order valence-corrected chi connectivity index (χ3v) is 4.04. The molecule has 3 rings (SSSR count). The van der Waals surface area contributed by atoms with Crippen molar-refractivity contribution in [3.8, 4) is 5.75 Å². The first kappa shape index (κ1) is 18.1. The summed E-state index contributed by atoms with van der Waals surface area (Å²) in [5, 5.41) is -0.323. The molecule has 0 saturated heterocycles. The highest BCUT2D eigenvalue weighted by atomic mass is 35.5. The van der Waals surface area contributed by atoms with Gasteiger partial charge in [-0.2, -0.15) is 0 Å². The summed E-state index contributed by atoms with van der Waals surface area (Å²) in [5.74, 6) is -2.88. The van der Waals surface area contributed by atoms with E-state index in [9.17, 15) is 18.4 Å².